The molecule has 0 aromatic rings. The summed E-state index contributed by atoms with van der Waals surface area (Å²) in [6.07, 6.45) is 3.06. The predicted octanol–water partition coefficient (Wildman–Crippen LogP) is 0.420. The number of hydrogen-bond acceptors (Lipinski definition) is 4. The third-order valence-electron chi connectivity index (χ3n) is 4.00. The lowest BCUT2D eigenvalue weighted by molar-refractivity contribution is -0.159. The first-order chi connectivity index (χ1) is 6.51. The highest BCUT2D eigenvalue weighted by atomic mass is 16.6. The van der Waals surface area contributed by atoms with Gasteiger partial charge in [-0.2, -0.15) is 0 Å². The molecule has 4 atom stereocenters. The molecule has 3 aliphatic rings. The molecule has 14 heavy (non-hydrogen) atoms. The van der Waals surface area contributed by atoms with Gasteiger partial charge >= 0.3 is 11.9 Å². The summed E-state index contributed by atoms with van der Waals surface area (Å²) in [6.45, 7) is 3.49. The van der Waals surface area contributed by atoms with Crippen LogP contribution in [0.2, 0.25) is 0 Å². The molecule has 4 nitrogen and oxygen atoms in total. The van der Waals surface area contributed by atoms with Gasteiger partial charge in [-0.1, -0.05) is 12.2 Å². The van der Waals surface area contributed by atoms with Crippen LogP contribution in [-0.2, 0) is 19.1 Å². The first-order valence-corrected chi connectivity index (χ1v) is 4.62. The lowest BCUT2D eigenvalue weighted by Gasteiger charge is -2.31. The zero-order chi connectivity index (χ0) is 10.1. The molecule has 4 heteroatoms. The predicted molar refractivity (Wildman–Crippen MR) is 45.1 cm³/mol. The van der Waals surface area contributed by atoms with E-state index in [2.05, 4.69) is 0 Å². The van der Waals surface area contributed by atoms with Crippen molar-refractivity contribution in [2.75, 3.05) is 0 Å². The molecule has 0 aromatic heterocycles. The van der Waals surface area contributed by atoms with Crippen molar-refractivity contribution in [2.45, 2.75) is 26.1 Å². The van der Waals surface area contributed by atoms with Crippen molar-refractivity contribution in [1.29, 1.82) is 0 Å². The minimum atomic E-state index is -0.830. The molecule has 2 bridgehead atoms. The number of fused-ring (bicyclic) bond motifs is 5. The van der Waals surface area contributed by atoms with Crippen LogP contribution in [-0.4, -0.2) is 24.1 Å². The van der Waals surface area contributed by atoms with E-state index in [1.54, 1.807) is 13.8 Å². The second kappa shape index (κ2) is 1.93. The molecule has 0 saturated carbocycles. The Balaban J connectivity index is 2.26. The average molecular weight is 194 g/mol. The fourth-order valence-electron chi connectivity index (χ4n) is 2.65. The second-order valence-electron chi connectivity index (χ2n) is 4.44. The van der Waals surface area contributed by atoms with E-state index in [1.807, 2.05) is 12.2 Å². The highest BCUT2D eigenvalue weighted by Gasteiger charge is 2.75. The quantitative estimate of drug-likeness (QED) is 0.318. The Kier molecular flexibility index (Phi) is 1.13. The molecular formula is C10H10O4. The van der Waals surface area contributed by atoms with Crippen LogP contribution in [0, 0.1) is 10.8 Å². The maximum Gasteiger partial charge on any atom is 0.323 e. The molecule has 0 aliphatic carbocycles. The topological polar surface area (TPSA) is 52.6 Å². The summed E-state index contributed by atoms with van der Waals surface area (Å²) in [7, 11) is 0. The van der Waals surface area contributed by atoms with Gasteiger partial charge in [0.2, 0.25) is 0 Å². The van der Waals surface area contributed by atoms with Crippen LogP contribution in [0.1, 0.15) is 13.8 Å². The van der Waals surface area contributed by atoms with Crippen LogP contribution in [0.25, 0.3) is 0 Å². The molecule has 3 aliphatic heterocycles. The summed E-state index contributed by atoms with van der Waals surface area (Å²) in [5, 5.41) is 0. The fraction of sp³-hybridized carbons (Fsp3) is 0.600. The van der Waals surface area contributed by atoms with Crippen LogP contribution < -0.4 is 0 Å². The monoisotopic (exact) mass is 194 g/mol. The highest BCUT2D eigenvalue weighted by molar-refractivity contribution is 6.03. The summed E-state index contributed by atoms with van der Waals surface area (Å²) in [6, 6.07) is 0. The molecule has 0 N–H and O–H groups in total. The van der Waals surface area contributed by atoms with Crippen molar-refractivity contribution in [3.63, 3.8) is 0 Å². The maximum absolute atomic E-state index is 11.6. The molecule has 0 aromatic carbocycles. The van der Waals surface area contributed by atoms with Crippen molar-refractivity contribution >= 4 is 11.9 Å². The Morgan fingerprint density at radius 2 is 1.50 bits per heavy atom. The third kappa shape index (κ3) is 0.522. The SMILES string of the molecule is C[C@@]12C(=O)OC(=O)[C@@]1(C)[C@@H]1C=C[C@@H]2O1. The van der Waals surface area contributed by atoms with E-state index in [0.29, 0.717) is 0 Å². The van der Waals surface area contributed by atoms with Crippen molar-refractivity contribution in [3.8, 4) is 0 Å². The Bertz CT molecular complexity index is 352. The number of rotatable bonds is 0. The first kappa shape index (κ1) is 8.17. The number of carbonyl (C=O) groups excluding carboxylic acids is 2. The normalized spacial score (nSPS) is 53.9. The Morgan fingerprint density at radius 1 is 1.07 bits per heavy atom. The van der Waals surface area contributed by atoms with E-state index >= 15 is 0 Å². The van der Waals surface area contributed by atoms with Crippen molar-refractivity contribution in [1.82, 2.24) is 0 Å². The van der Waals surface area contributed by atoms with Gasteiger partial charge in [0.1, 0.15) is 10.8 Å². The van der Waals surface area contributed by atoms with E-state index < -0.39 is 22.8 Å². The van der Waals surface area contributed by atoms with Gasteiger partial charge in [-0.05, 0) is 13.8 Å². The molecule has 0 amide bonds. The van der Waals surface area contributed by atoms with E-state index in [9.17, 15) is 9.59 Å². The van der Waals surface area contributed by atoms with Crippen LogP contribution >= 0.6 is 0 Å². The largest absolute Gasteiger partial charge is 0.392 e. The Hall–Kier alpha value is -1.16. The number of carbonyl (C=O) groups is 2. The molecule has 0 unspecified atom stereocenters. The third-order valence-corrected chi connectivity index (χ3v) is 4.00. The summed E-state index contributed by atoms with van der Waals surface area (Å²) in [5.74, 6) is -0.913. The lowest BCUT2D eigenvalue weighted by Crippen LogP contribution is -2.46. The molecule has 3 heterocycles. The van der Waals surface area contributed by atoms with Gasteiger partial charge in [-0.3, -0.25) is 9.59 Å². The van der Waals surface area contributed by atoms with Gasteiger partial charge < -0.3 is 9.47 Å². The lowest BCUT2D eigenvalue weighted by atomic mass is 9.61. The minimum absolute atomic E-state index is 0.309. The van der Waals surface area contributed by atoms with Gasteiger partial charge in [0.15, 0.2) is 0 Å². The minimum Gasteiger partial charge on any atom is -0.392 e. The Labute approximate surface area is 80.9 Å². The first-order valence-electron chi connectivity index (χ1n) is 4.62. The number of esters is 2. The Morgan fingerprint density at radius 3 is 1.93 bits per heavy atom. The van der Waals surface area contributed by atoms with Gasteiger partial charge in [-0.15, -0.1) is 0 Å². The molecule has 2 saturated heterocycles. The van der Waals surface area contributed by atoms with Crippen molar-refractivity contribution in [3.05, 3.63) is 12.2 Å². The second-order valence-corrected chi connectivity index (χ2v) is 4.44. The fourth-order valence-corrected chi connectivity index (χ4v) is 2.65. The molecule has 0 spiro atoms. The standard InChI is InChI=1S/C10H10O4/c1-9-5-3-4-6(13-5)10(9,2)8(12)14-7(9)11/h3-6H,1-2H3/t5-,6-,9+,10+/m0/s1. The number of ether oxygens (including phenoxy) is 2. The van der Waals surface area contributed by atoms with Gasteiger partial charge in [0.25, 0.3) is 0 Å². The van der Waals surface area contributed by atoms with Crippen LogP contribution in [0.15, 0.2) is 12.2 Å². The average Bonchev–Trinajstić information content (AvgIpc) is 2.73. The molecular weight excluding hydrogens is 184 g/mol. The molecule has 3 rings (SSSR count). The highest BCUT2D eigenvalue weighted by Crippen LogP contribution is 2.61. The summed E-state index contributed by atoms with van der Waals surface area (Å²) in [4.78, 5) is 23.3. The number of cyclic esters (lactones) is 2. The van der Waals surface area contributed by atoms with E-state index in [-0.39, 0.29) is 12.2 Å². The van der Waals surface area contributed by atoms with Gasteiger partial charge in [-0.25, -0.2) is 0 Å². The molecule has 74 valence electrons. The molecule has 2 fully saturated rings. The van der Waals surface area contributed by atoms with E-state index in [4.69, 9.17) is 9.47 Å². The maximum atomic E-state index is 11.6. The molecule has 0 radical (unpaired) electrons. The van der Waals surface area contributed by atoms with Crippen LogP contribution in [0.5, 0.6) is 0 Å². The van der Waals surface area contributed by atoms with Crippen LogP contribution in [0.4, 0.5) is 0 Å². The van der Waals surface area contributed by atoms with Gasteiger partial charge in [0, 0.05) is 0 Å². The summed E-state index contributed by atoms with van der Waals surface area (Å²) in [5.41, 5.74) is -1.66. The van der Waals surface area contributed by atoms with Crippen molar-refractivity contribution in [2.24, 2.45) is 10.8 Å². The van der Waals surface area contributed by atoms with Crippen molar-refractivity contribution < 1.29 is 19.1 Å². The zero-order valence-electron chi connectivity index (χ0n) is 7.94. The van der Waals surface area contributed by atoms with Crippen LogP contribution in [0.3, 0.4) is 0 Å². The smallest absolute Gasteiger partial charge is 0.323 e. The number of hydrogen-bond donors (Lipinski definition) is 0. The summed E-state index contributed by atoms with van der Waals surface area (Å²) < 4.78 is 10.3. The van der Waals surface area contributed by atoms with Gasteiger partial charge in [0.05, 0.1) is 12.2 Å². The van der Waals surface area contributed by atoms with E-state index in [1.165, 1.54) is 0 Å². The summed E-state index contributed by atoms with van der Waals surface area (Å²) >= 11 is 0. The zero-order valence-corrected chi connectivity index (χ0v) is 7.94. The van der Waals surface area contributed by atoms with E-state index in [0.717, 1.165) is 0 Å².